The maximum Gasteiger partial charge on any atom is 0.150 e. The average Bonchev–Trinajstić information content (AvgIpc) is 2.86. The number of thiazole rings is 1. The van der Waals surface area contributed by atoms with Gasteiger partial charge in [0, 0.05) is 11.1 Å². The summed E-state index contributed by atoms with van der Waals surface area (Å²) in [6, 6.07) is 3.90. The minimum absolute atomic E-state index is 0.865. The van der Waals surface area contributed by atoms with Crippen molar-refractivity contribution in [3.8, 4) is 0 Å². The highest BCUT2D eigenvalue weighted by molar-refractivity contribution is 8.00. The number of aryl methyl sites for hydroxylation is 1. The molecule has 0 saturated heterocycles. The van der Waals surface area contributed by atoms with E-state index >= 15 is 0 Å². The number of hydrogen-bond donors (Lipinski definition) is 0. The highest BCUT2D eigenvalue weighted by Crippen LogP contribution is 2.27. The van der Waals surface area contributed by atoms with E-state index in [9.17, 15) is 0 Å². The molecule has 2 heterocycles. The molecule has 0 radical (unpaired) electrons. The number of aromatic nitrogens is 1. The molecule has 0 aliphatic rings. The lowest BCUT2D eigenvalue weighted by Crippen LogP contribution is -1.73. The Kier molecular flexibility index (Phi) is 3.26. The lowest BCUT2D eigenvalue weighted by molar-refractivity contribution is 0.530. The third-order valence-electron chi connectivity index (χ3n) is 1.80. The fraction of sp³-hybridized carbons (Fsp3) is 0.300. The smallest absolute Gasteiger partial charge is 0.150 e. The summed E-state index contributed by atoms with van der Waals surface area (Å²) < 4.78 is 6.37. The molecule has 2 rings (SSSR count). The number of hydrogen-bond acceptors (Lipinski definition) is 4. The van der Waals surface area contributed by atoms with Gasteiger partial charge in [-0.05, 0) is 18.6 Å². The fourth-order valence-electron chi connectivity index (χ4n) is 1.05. The summed E-state index contributed by atoms with van der Waals surface area (Å²) in [5, 5.41) is 0. The van der Waals surface area contributed by atoms with Gasteiger partial charge in [0.1, 0.15) is 10.1 Å². The molecule has 0 saturated carbocycles. The molecule has 2 aromatic rings. The molecule has 14 heavy (non-hydrogen) atoms. The Hall–Kier alpha value is -0.740. The first-order valence-corrected chi connectivity index (χ1v) is 6.28. The molecule has 0 aliphatic heterocycles. The van der Waals surface area contributed by atoms with Crippen molar-refractivity contribution >= 4 is 23.1 Å². The zero-order chi connectivity index (χ0) is 9.80. The summed E-state index contributed by atoms with van der Waals surface area (Å²) in [7, 11) is 0. The highest BCUT2D eigenvalue weighted by Gasteiger charge is 2.02. The maximum atomic E-state index is 5.24. The van der Waals surface area contributed by atoms with Crippen LogP contribution in [0.1, 0.15) is 17.6 Å². The van der Waals surface area contributed by atoms with E-state index in [2.05, 4.69) is 11.9 Å². The SMILES string of the molecule is CCc1cnc(SCc2ccco2)s1. The van der Waals surface area contributed by atoms with E-state index in [0.29, 0.717) is 0 Å². The Balaban J connectivity index is 1.92. The van der Waals surface area contributed by atoms with E-state index in [0.717, 1.165) is 22.3 Å². The molecule has 0 fully saturated rings. The summed E-state index contributed by atoms with van der Waals surface area (Å²) >= 11 is 3.49. The lowest BCUT2D eigenvalue weighted by atomic mass is 10.4. The minimum atomic E-state index is 0.865. The van der Waals surface area contributed by atoms with Gasteiger partial charge in [0.15, 0.2) is 0 Å². The largest absolute Gasteiger partial charge is 0.468 e. The molecule has 4 heteroatoms. The molecular formula is C10H11NOS2. The monoisotopic (exact) mass is 225 g/mol. The molecule has 0 aliphatic carbocycles. The van der Waals surface area contributed by atoms with Crippen LogP contribution in [-0.4, -0.2) is 4.98 Å². The first-order chi connectivity index (χ1) is 6.88. The summed E-state index contributed by atoms with van der Waals surface area (Å²) in [6.45, 7) is 2.15. The van der Waals surface area contributed by atoms with Crippen LogP contribution in [0.15, 0.2) is 33.3 Å². The summed E-state index contributed by atoms with van der Waals surface area (Å²) in [5.74, 6) is 1.87. The predicted molar refractivity (Wildman–Crippen MR) is 59.8 cm³/mol. The Morgan fingerprint density at radius 1 is 1.57 bits per heavy atom. The number of thioether (sulfide) groups is 1. The van der Waals surface area contributed by atoms with Crippen LogP contribution in [0.25, 0.3) is 0 Å². The Bertz CT molecular complexity index is 380. The first-order valence-electron chi connectivity index (χ1n) is 4.48. The zero-order valence-electron chi connectivity index (χ0n) is 7.90. The first kappa shape index (κ1) is 9.80. The third-order valence-corrected chi connectivity index (χ3v) is 4.12. The van der Waals surface area contributed by atoms with Gasteiger partial charge in [-0.1, -0.05) is 18.7 Å². The van der Waals surface area contributed by atoms with Crippen LogP contribution in [-0.2, 0) is 12.2 Å². The average molecular weight is 225 g/mol. The third kappa shape index (κ3) is 2.39. The van der Waals surface area contributed by atoms with E-state index in [4.69, 9.17) is 4.42 Å². The van der Waals surface area contributed by atoms with Gasteiger partial charge in [0.05, 0.1) is 12.0 Å². The lowest BCUT2D eigenvalue weighted by Gasteiger charge is -1.92. The predicted octanol–water partition coefficient (Wildman–Crippen LogP) is 3.59. The Morgan fingerprint density at radius 2 is 2.50 bits per heavy atom. The van der Waals surface area contributed by atoms with Gasteiger partial charge in [-0.2, -0.15) is 0 Å². The van der Waals surface area contributed by atoms with Crippen molar-refractivity contribution in [2.24, 2.45) is 0 Å². The van der Waals surface area contributed by atoms with E-state index in [-0.39, 0.29) is 0 Å². The molecule has 2 nitrogen and oxygen atoms in total. The van der Waals surface area contributed by atoms with Crippen LogP contribution in [0.4, 0.5) is 0 Å². The number of nitrogens with zero attached hydrogens (tertiary/aromatic N) is 1. The van der Waals surface area contributed by atoms with Crippen molar-refractivity contribution in [3.63, 3.8) is 0 Å². The van der Waals surface area contributed by atoms with Crippen LogP contribution in [0.5, 0.6) is 0 Å². The maximum absolute atomic E-state index is 5.24. The molecule has 0 N–H and O–H groups in total. The van der Waals surface area contributed by atoms with Crippen LogP contribution in [0.2, 0.25) is 0 Å². The second-order valence-electron chi connectivity index (χ2n) is 2.81. The van der Waals surface area contributed by atoms with Crippen LogP contribution in [0.3, 0.4) is 0 Å². The Morgan fingerprint density at radius 3 is 3.14 bits per heavy atom. The molecule has 0 bridgehead atoms. The van der Waals surface area contributed by atoms with Crippen LogP contribution < -0.4 is 0 Å². The zero-order valence-corrected chi connectivity index (χ0v) is 9.53. The molecular weight excluding hydrogens is 214 g/mol. The normalized spacial score (nSPS) is 10.6. The van der Waals surface area contributed by atoms with Crippen LogP contribution >= 0.6 is 23.1 Å². The molecule has 0 unspecified atom stereocenters. The summed E-state index contributed by atoms with van der Waals surface area (Å²) in [4.78, 5) is 5.67. The van der Waals surface area contributed by atoms with Crippen molar-refractivity contribution in [2.75, 3.05) is 0 Å². The van der Waals surface area contributed by atoms with Gasteiger partial charge in [-0.25, -0.2) is 4.98 Å². The van der Waals surface area contributed by atoms with Gasteiger partial charge in [0.25, 0.3) is 0 Å². The van der Waals surface area contributed by atoms with Gasteiger partial charge < -0.3 is 4.42 Å². The van der Waals surface area contributed by atoms with Crippen molar-refractivity contribution in [2.45, 2.75) is 23.4 Å². The summed E-state index contributed by atoms with van der Waals surface area (Å²) in [6.07, 6.45) is 4.73. The van der Waals surface area contributed by atoms with Gasteiger partial charge in [-0.3, -0.25) is 0 Å². The second kappa shape index (κ2) is 4.66. The summed E-state index contributed by atoms with van der Waals surface area (Å²) in [5.41, 5.74) is 0. The van der Waals surface area contributed by atoms with Crippen molar-refractivity contribution in [1.29, 1.82) is 0 Å². The van der Waals surface area contributed by atoms with Crippen molar-refractivity contribution in [3.05, 3.63) is 35.2 Å². The van der Waals surface area contributed by atoms with E-state index in [1.807, 2.05) is 18.3 Å². The van der Waals surface area contributed by atoms with Crippen molar-refractivity contribution in [1.82, 2.24) is 4.98 Å². The van der Waals surface area contributed by atoms with E-state index in [1.54, 1.807) is 29.4 Å². The fourth-order valence-corrected chi connectivity index (χ4v) is 2.92. The van der Waals surface area contributed by atoms with Gasteiger partial charge in [-0.15, -0.1) is 11.3 Å². The highest BCUT2D eigenvalue weighted by atomic mass is 32.2. The second-order valence-corrected chi connectivity index (χ2v) is 5.15. The standard InChI is InChI=1S/C10H11NOS2/c1-2-9-6-11-10(14-9)13-7-8-4-3-5-12-8/h3-6H,2,7H2,1H3. The van der Waals surface area contributed by atoms with Crippen molar-refractivity contribution < 1.29 is 4.42 Å². The molecule has 74 valence electrons. The van der Waals surface area contributed by atoms with E-state index < -0.39 is 0 Å². The molecule has 0 amide bonds. The van der Waals surface area contributed by atoms with E-state index in [1.165, 1.54) is 4.88 Å². The molecule has 2 aromatic heterocycles. The van der Waals surface area contributed by atoms with Gasteiger partial charge in [0.2, 0.25) is 0 Å². The topological polar surface area (TPSA) is 26.0 Å². The number of rotatable bonds is 4. The van der Waals surface area contributed by atoms with Gasteiger partial charge >= 0.3 is 0 Å². The molecule has 0 atom stereocenters. The Labute approximate surface area is 91.4 Å². The van der Waals surface area contributed by atoms with Crippen LogP contribution in [0, 0.1) is 0 Å². The minimum Gasteiger partial charge on any atom is -0.468 e. The number of furan rings is 1. The molecule has 0 aromatic carbocycles. The molecule has 0 spiro atoms. The quantitative estimate of drug-likeness (QED) is 0.744.